The maximum absolute atomic E-state index is 12.3. The number of amides is 2. The Morgan fingerprint density at radius 2 is 1.74 bits per heavy atom. The highest BCUT2D eigenvalue weighted by Crippen LogP contribution is 2.28. The lowest BCUT2D eigenvalue weighted by atomic mass is 9.87. The molecule has 0 unspecified atom stereocenters. The first-order chi connectivity index (χ1) is 16.8. The van der Waals surface area contributed by atoms with Gasteiger partial charge in [-0.15, -0.1) is 0 Å². The number of hydrazone groups is 1. The molecule has 35 heavy (non-hydrogen) atoms. The summed E-state index contributed by atoms with van der Waals surface area (Å²) in [7, 11) is 1.51. The minimum absolute atomic E-state index is 0.0535. The first-order valence-electron chi connectivity index (χ1n) is 11.5. The maximum Gasteiger partial charge on any atom is 0.277 e. The predicted molar refractivity (Wildman–Crippen MR) is 132 cm³/mol. The van der Waals surface area contributed by atoms with Gasteiger partial charge in [-0.25, -0.2) is 5.43 Å². The standard InChI is InChI=1S/C26H33N3O6/c1-26(2,3)20-6-8-21(9-7-20)34-17-24(30)28-27-16-19-5-10-22(23(15-19)32-4)35-18-25(31)29-11-13-33-14-12-29/h5-10,15-16H,11-14,17-18H2,1-4H3,(H,28,30)/b27-16+. The molecule has 9 nitrogen and oxygen atoms in total. The van der Waals surface area contributed by atoms with Gasteiger partial charge in [-0.2, -0.15) is 5.10 Å². The van der Waals surface area contributed by atoms with Gasteiger partial charge >= 0.3 is 0 Å². The summed E-state index contributed by atoms with van der Waals surface area (Å²) in [4.78, 5) is 26.0. The zero-order valence-electron chi connectivity index (χ0n) is 20.7. The molecule has 3 rings (SSSR count). The van der Waals surface area contributed by atoms with Crippen LogP contribution in [0.2, 0.25) is 0 Å². The first kappa shape index (κ1) is 26.0. The summed E-state index contributed by atoms with van der Waals surface area (Å²) in [6.07, 6.45) is 1.49. The summed E-state index contributed by atoms with van der Waals surface area (Å²) in [5, 5.41) is 3.97. The molecule has 2 aromatic carbocycles. The van der Waals surface area contributed by atoms with E-state index < -0.39 is 0 Å². The molecule has 1 heterocycles. The van der Waals surface area contributed by atoms with E-state index in [0.717, 1.165) is 0 Å². The number of hydrogen-bond acceptors (Lipinski definition) is 7. The van der Waals surface area contributed by atoms with Crippen LogP contribution in [0.3, 0.4) is 0 Å². The van der Waals surface area contributed by atoms with Gasteiger partial charge < -0.3 is 23.8 Å². The number of ether oxygens (including phenoxy) is 4. The molecular formula is C26H33N3O6. The van der Waals surface area contributed by atoms with E-state index >= 15 is 0 Å². The van der Waals surface area contributed by atoms with Crippen molar-refractivity contribution in [2.45, 2.75) is 26.2 Å². The van der Waals surface area contributed by atoms with Gasteiger partial charge in [0.05, 0.1) is 26.5 Å². The third-order valence-electron chi connectivity index (χ3n) is 5.40. The molecule has 1 N–H and O–H groups in total. The maximum atomic E-state index is 12.3. The molecule has 1 aliphatic heterocycles. The van der Waals surface area contributed by atoms with Gasteiger partial charge in [-0.05, 0) is 46.9 Å². The zero-order valence-corrected chi connectivity index (χ0v) is 20.7. The molecule has 0 radical (unpaired) electrons. The molecule has 2 aromatic rings. The summed E-state index contributed by atoms with van der Waals surface area (Å²) < 4.78 is 21.8. The summed E-state index contributed by atoms with van der Waals surface area (Å²) in [6.45, 7) is 8.38. The normalized spacial score (nSPS) is 14.0. The molecule has 0 bridgehead atoms. The summed E-state index contributed by atoms with van der Waals surface area (Å²) in [6, 6.07) is 12.8. The number of rotatable bonds is 9. The number of methoxy groups -OCH3 is 1. The van der Waals surface area contributed by atoms with Crippen LogP contribution in [0.4, 0.5) is 0 Å². The van der Waals surface area contributed by atoms with Crippen molar-refractivity contribution in [3.05, 3.63) is 53.6 Å². The second kappa shape index (κ2) is 12.2. The SMILES string of the molecule is COc1cc(/C=N/NC(=O)COc2ccc(C(C)(C)C)cc2)ccc1OCC(=O)N1CCOCC1. The minimum atomic E-state index is -0.380. The minimum Gasteiger partial charge on any atom is -0.493 e. The Morgan fingerprint density at radius 1 is 1.03 bits per heavy atom. The van der Waals surface area contributed by atoms with E-state index in [-0.39, 0.29) is 30.4 Å². The highest BCUT2D eigenvalue weighted by Gasteiger charge is 2.18. The molecule has 1 aliphatic rings. The van der Waals surface area contributed by atoms with Crippen LogP contribution >= 0.6 is 0 Å². The van der Waals surface area contributed by atoms with Crippen LogP contribution < -0.4 is 19.6 Å². The quantitative estimate of drug-likeness (QED) is 0.435. The second-order valence-corrected chi connectivity index (χ2v) is 9.05. The Morgan fingerprint density at radius 3 is 2.40 bits per heavy atom. The number of nitrogens with one attached hydrogen (secondary N) is 1. The molecule has 0 atom stereocenters. The van der Waals surface area contributed by atoms with Crippen molar-refractivity contribution in [1.29, 1.82) is 0 Å². The number of nitrogens with zero attached hydrogens (tertiary/aromatic N) is 2. The van der Waals surface area contributed by atoms with Gasteiger partial charge in [0, 0.05) is 13.1 Å². The lowest BCUT2D eigenvalue weighted by Gasteiger charge is -2.26. The number of hydrogen-bond donors (Lipinski definition) is 1. The molecule has 9 heteroatoms. The van der Waals surface area contributed by atoms with Gasteiger partial charge in [-0.3, -0.25) is 9.59 Å². The fourth-order valence-electron chi connectivity index (χ4n) is 3.34. The van der Waals surface area contributed by atoms with E-state index in [1.54, 1.807) is 23.1 Å². The molecule has 1 saturated heterocycles. The van der Waals surface area contributed by atoms with Crippen molar-refractivity contribution in [3.8, 4) is 17.2 Å². The highest BCUT2D eigenvalue weighted by molar-refractivity contribution is 5.84. The third-order valence-corrected chi connectivity index (χ3v) is 5.40. The Kier molecular flexibility index (Phi) is 9.08. The monoisotopic (exact) mass is 483 g/mol. The fourth-order valence-corrected chi connectivity index (χ4v) is 3.34. The number of carbonyl (C=O) groups is 2. The molecule has 0 aliphatic carbocycles. The molecular weight excluding hydrogens is 450 g/mol. The van der Waals surface area contributed by atoms with Crippen molar-refractivity contribution in [2.75, 3.05) is 46.6 Å². The van der Waals surface area contributed by atoms with Crippen molar-refractivity contribution >= 4 is 18.0 Å². The number of carbonyl (C=O) groups excluding carboxylic acids is 2. The number of morpholine rings is 1. The van der Waals surface area contributed by atoms with Crippen LogP contribution in [0.25, 0.3) is 0 Å². The lowest BCUT2D eigenvalue weighted by Crippen LogP contribution is -2.43. The van der Waals surface area contributed by atoms with E-state index in [1.165, 1.54) is 18.9 Å². The van der Waals surface area contributed by atoms with Crippen molar-refractivity contribution in [1.82, 2.24) is 10.3 Å². The van der Waals surface area contributed by atoms with Crippen LogP contribution in [0.5, 0.6) is 17.2 Å². The van der Waals surface area contributed by atoms with Gasteiger partial charge in [0.1, 0.15) is 5.75 Å². The van der Waals surface area contributed by atoms with Crippen LogP contribution in [0, 0.1) is 0 Å². The smallest absolute Gasteiger partial charge is 0.277 e. The van der Waals surface area contributed by atoms with Gasteiger partial charge in [0.2, 0.25) is 0 Å². The lowest BCUT2D eigenvalue weighted by molar-refractivity contribution is -0.137. The second-order valence-electron chi connectivity index (χ2n) is 9.05. The largest absolute Gasteiger partial charge is 0.493 e. The fraction of sp³-hybridized carbons (Fsp3) is 0.423. The number of benzene rings is 2. The van der Waals surface area contributed by atoms with Crippen molar-refractivity contribution in [3.63, 3.8) is 0 Å². The Bertz CT molecular complexity index is 1020. The molecule has 0 saturated carbocycles. The van der Waals surface area contributed by atoms with E-state index in [2.05, 4.69) is 31.3 Å². The van der Waals surface area contributed by atoms with Crippen LogP contribution in [0.15, 0.2) is 47.6 Å². The van der Waals surface area contributed by atoms with E-state index in [4.69, 9.17) is 18.9 Å². The molecule has 1 fully saturated rings. The predicted octanol–water partition coefficient (Wildman–Crippen LogP) is 2.76. The highest BCUT2D eigenvalue weighted by atomic mass is 16.5. The van der Waals surface area contributed by atoms with Crippen molar-refractivity contribution in [2.24, 2.45) is 5.10 Å². The van der Waals surface area contributed by atoms with Crippen molar-refractivity contribution < 1.29 is 28.5 Å². The van der Waals surface area contributed by atoms with E-state index in [9.17, 15) is 9.59 Å². The summed E-state index contributed by atoms with van der Waals surface area (Å²) in [5.41, 5.74) is 4.37. The molecule has 0 aromatic heterocycles. The Hall–Kier alpha value is -3.59. The first-order valence-corrected chi connectivity index (χ1v) is 11.5. The van der Waals surface area contributed by atoms with E-state index in [0.29, 0.717) is 49.1 Å². The van der Waals surface area contributed by atoms with Gasteiger partial charge in [-0.1, -0.05) is 32.9 Å². The Labute approximate surface area is 206 Å². The van der Waals surface area contributed by atoms with Gasteiger partial charge in [0.15, 0.2) is 24.7 Å². The Balaban J connectivity index is 1.46. The molecule has 188 valence electrons. The van der Waals surface area contributed by atoms with E-state index in [1.807, 2.05) is 24.3 Å². The average Bonchev–Trinajstić information content (AvgIpc) is 2.86. The molecule has 0 spiro atoms. The zero-order chi connectivity index (χ0) is 25.3. The summed E-state index contributed by atoms with van der Waals surface area (Å²) in [5.74, 6) is 1.04. The third kappa shape index (κ3) is 7.99. The molecule has 2 amide bonds. The summed E-state index contributed by atoms with van der Waals surface area (Å²) >= 11 is 0. The van der Waals surface area contributed by atoms with Crippen LogP contribution in [0.1, 0.15) is 31.9 Å². The van der Waals surface area contributed by atoms with Crippen LogP contribution in [-0.4, -0.2) is 69.6 Å². The topological polar surface area (TPSA) is 98.7 Å². The van der Waals surface area contributed by atoms with Crippen LogP contribution in [-0.2, 0) is 19.7 Å². The average molecular weight is 484 g/mol. The van der Waals surface area contributed by atoms with Gasteiger partial charge in [0.25, 0.3) is 11.8 Å².